The minimum Gasteiger partial charge on any atom is -0.391 e. The maximum absolute atomic E-state index is 13.2. The monoisotopic (exact) mass is 646 g/mol. The third-order valence-electron chi connectivity index (χ3n) is 7.50. The van der Waals surface area contributed by atoms with Gasteiger partial charge in [-0.25, -0.2) is 24.1 Å². The number of hydrogen-bond acceptors (Lipinski definition) is 16. The number of imidazole rings is 1. The maximum Gasteiger partial charge on any atom is 0.472 e. The van der Waals surface area contributed by atoms with Crippen molar-refractivity contribution in [2.75, 3.05) is 30.9 Å². The SMILES string of the molecule is Nc1nc2c(ncn2[C@@H]2O[C@@H]3COP(=O)(O)OC[C@@H]4[C@@H](COP(=O)(O)O[C@@H]2[C@@H]3O)C[C@@H](Nc2ccncn2)[C@@H]4O)c(=O)[nH]1. The summed E-state index contributed by atoms with van der Waals surface area (Å²) >= 11 is 0. The molecule has 20 nitrogen and oxygen atoms in total. The first kappa shape index (κ1) is 30.2. The molecule has 2 saturated heterocycles. The lowest BCUT2D eigenvalue weighted by molar-refractivity contribution is -0.0514. The molecule has 2 bridgehead atoms. The van der Waals surface area contributed by atoms with E-state index in [1.54, 1.807) is 6.07 Å². The number of aromatic amines is 1. The van der Waals surface area contributed by atoms with Gasteiger partial charge in [-0.3, -0.25) is 32.4 Å². The second-order valence-corrected chi connectivity index (χ2v) is 13.1. The average Bonchev–Trinajstić information content (AvgIpc) is 3.59. The number of H-pyrrole nitrogens is 1. The highest BCUT2D eigenvalue weighted by Gasteiger charge is 2.51. The second kappa shape index (κ2) is 11.6. The minimum atomic E-state index is -4.94. The van der Waals surface area contributed by atoms with Gasteiger partial charge < -0.3 is 35.8 Å². The predicted octanol–water partition coefficient (Wildman–Crippen LogP) is -1.12. The molecule has 2 unspecified atom stereocenters. The summed E-state index contributed by atoms with van der Waals surface area (Å²) < 4.78 is 53.8. The van der Waals surface area contributed by atoms with Crippen molar-refractivity contribution < 1.29 is 52.0 Å². The Morgan fingerprint density at radius 1 is 1.07 bits per heavy atom. The molecule has 8 N–H and O–H groups in total. The first-order chi connectivity index (χ1) is 20.4. The number of phosphoric acid groups is 2. The topological polar surface area (TPSA) is 289 Å². The van der Waals surface area contributed by atoms with Gasteiger partial charge >= 0.3 is 15.6 Å². The van der Waals surface area contributed by atoms with Crippen LogP contribution in [0.1, 0.15) is 12.6 Å². The van der Waals surface area contributed by atoms with Crippen LogP contribution in [0.25, 0.3) is 11.2 Å². The van der Waals surface area contributed by atoms with Crippen LogP contribution < -0.4 is 16.6 Å². The van der Waals surface area contributed by atoms with Gasteiger partial charge in [-0.05, 0) is 18.4 Å². The Morgan fingerprint density at radius 2 is 1.84 bits per heavy atom. The Morgan fingerprint density at radius 3 is 2.60 bits per heavy atom. The molecule has 10 atom stereocenters. The summed E-state index contributed by atoms with van der Waals surface area (Å²) in [7, 11) is -9.71. The van der Waals surface area contributed by atoms with Crippen LogP contribution in [-0.2, 0) is 32.0 Å². The highest BCUT2D eigenvalue weighted by atomic mass is 31.2. The zero-order chi connectivity index (χ0) is 30.5. The first-order valence-electron chi connectivity index (χ1n) is 12.9. The Kier molecular flexibility index (Phi) is 8.12. The van der Waals surface area contributed by atoms with Crippen molar-refractivity contribution in [3.8, 4) is 0 Å². The van der Waals surface area contributed by atoms with E-state index in [-0.39, 0.29) is 23.5 Å². The van der Waals surface area contributed by atoms with E-state index in [0.717, 1.165) is 10.9 Å². The number of nitrogens with one attached hydrogen (secondary N) is 2. The Labute approximate surface area is 241 Å². The average molecular weight is 646 g/mol. The van der Waals surface area contributed by atoms with E-state index >= 15 is 0 Å². The standard InChI is InChI=1S/C21H28N8O12P2/c22-21-27-18-14(19(32)28-21)25-8-29(18)20-17-16(31)12(40-20)6-39-42(33,34)38-5-10-9(4-37-43(35,36)41-17)3-11(15(10)30)26-13-1-2-23-7-24-13/h1-2,7-12,15-17,20,30-31H,3-6H2,(H,33,34)(H,35,36)(H,23,24,26)(H3,22,27,28,32)/t9-,10-,11-,12-,15-,16-,17-,20-/m1/s1. The molecular weight excluding hydrogens is 618 g/mol. The minimum absolute atomic E-state index is 0.0959. The first-order valence-corrected chi connectivity index (χ1v) is 15.9. The van der Waals surface area contributed by atoms with Gasteiger partial charge in [-0.15, -0.1) is 0 Å². The van der Waals surface area contributed by atoms with Crippen molar-refractivity contribution in [3.05, 3.63) is 35.3 Å². The summed E-state index contributed by atoms with van der Waals surface area (Å²) in [5.74, 6) is -1.38. The van der Waals surface area contributed by atoms with Gasteiger partial charge in [0.15, 0.2) is 17.4 Å². The maximum atomic E-state index is 13.2. The van der Waals surface area contributed by atoms with Crippen LogP contribution in [0.4, 0.5) is 11.8 Å². The Balaban J connectivity index is 1.29. The third kappa shape index (κ3) is 6.22. The van der Waals surface area contributed by atoms with Gasteiger partial charge in [0.2, 0.25) is 5.95 Å². The normalized spacial score (nSPS) is 38.9. The van der Waals surface area contributed by atoms with Crippen molar-refractivity contribution in [2.24, 2.45) is 11.8 Å². The van der Waals surface area contributed by atoms with Crippen molar-refractivity contribution in [1.29, 1.82) is 0 Å². The van der Waals surface area contributed by atoms with Crippen LogP contribution in [-0.4, -0.2) is 99.8 Å². The molecule has 3 aromatic rings. The molecule has 0 amide bonds. The van der Waals surface area contributed by atoms with Crippen molar-refractivity contribution in [2.45, 2.75) is 43.1 Å². The van der Waals surface area contributed by atoms with Crippen molar-refractivity contribution in [3.63, 3.8) is 0 Å². The molecular formula is C21H28N8O12P2. The number of hydrogen-bond donors (Lipinski definition) is 7. The molecule has 3 aliphatic rings. The second-order valence-electron chi connectivity index (χ2n) is 10.2. The molecule has 0 spiro atoms. The van der Waals surface area contributed by atoms with Crippen LogP contribution in [0.3, 0.4) is 0 Å². The number of nitrogen functional groups attached to an aromatic ring is 1. The molecule has 2 aliphatic heterocycles. The van der Waals surface area contributed by atoms with Crippen molar-refractivity contribution in [1.82, 2.24) is 29.5 Å². The van der Waals surface area contributed by atoms with Gasteiger partial charge in [0.1, 0.15) is 30.5 Å². The van der Waals surface area contributed by atoms with Crippen molar-refractivity contribution >= 4 is 38.6 Å². The number of aromatic nitrogens is 6. The quantitative estimate of drug-likeness (QED) is 0.166. The number of aliphatic hydroxyl groups is 2. The third-order valence-corrected chi connectivity index (χ3v) is 9.44. The Hall–Kier alpha value is -2.87. The molecule has 1 saturated carbocycles. The Bertz CT molecular complexity index is 1630. The number of rotatable bonds is 3. The summed E-state index contributed by atoms with van der Waals surface area (Å²) in [6, 6.07) is 0.935. The summed E-state index contributed by atoms with van der Waals surface area (Å²) in [5.41, 5.74) is 4.74. The zero-order valence-corrected chi connectivity index (χ0v) is 23.8. The molecule has 22 heteroatoms. The van der Waals surface area contributed by atoms with Crippen LogP contribution in [0.15, 0.2) is 29.7 Å². The summed E-state index contributed by atoms with van der Waals surface area (Å²) in [5, 5.41) is 25.1. The highest BCUT2D eigenvalue weighted by molar-refractivity contribution is 7.47. The van der Waals surface area contributed by atoms with E-state index in [1.165, 1.54) is 12.5 Å². The number of aliphatic hydroxyl groups excluding tert-OH is 2. The largest absolute Gasteiger partial charge is 0.472 e. The van der Waals surface area contributed by atoms with Crippen LogP contribution in [0, 0.1) is 11.8 Å². The van der Waals surface area contributed by atoms with Gasteiger partial charge in [-0.1, -0.05) is 0 Å². The highest BCUT2D eigenvalue weighted by Crippen LogP contribution is 2.52. The molecule has 43 heavy (non-hydrogen) atoms. The molecule has 5 heterocycles. The lowest BCUT2D eigenvalue weighted by Crippen LogP contribution is -2.36. The lowest BCUT2D eigenvalue weighted by Gasteiger charge is -2.27. The molecule has 6 rings (SSSR count). The number of phosphoric ester groups is 2. The number of ether oxygens (including phenoxy) is 1. The smallest absolute Gasteiger partial charge is 0.391 e. The lowest BCUT2D eigenvalue weighted by atomic mass is 9.97. The molecule has 3 fully saturated rings. The molecule has 1 aliphatic carbocycles. The molecule has 0 radical (unpaired) electrons. The van der Waals surface area contributed by atoms with Gasteiger partial charge in [0.25, 0.3) is 5.56 Å². The fourth-order valence-electron chi connectivity index (χ4n) is 5.44. The van der Waals surface area contributed by atoms with E-state index in [4.69, 9.17) is 28.6 Å². The fraction of sp³-hybridized carbons (Fsp3) is 0.571. The summed E-state index contributed by atoms with van der Waals surface area (Å²) in [6.45, 7) is -1.65. The van der Waals surface area contributed by atoms with Crippen LogP contribution in [0.5, 0.6) is 0 Å². The predicted molar refractivity (Wildman–Crippen MR) is 142 cm³/mol. The number of anilines is 2. The number of nitrogens with two attached hydrogens (primary N) is 1. The fourth-order valence-corrected chi connectivity index (χ4v) is 7.18. The van der Waals surface area contributed by atoms with E-state index in [0.29, 0.717) is 5.82 Å². The van der Waals surface area contributed by atoms with Crippen LogP contribution >= 0.6 is 15.6 Å². The van der Waals surface area contributed by atoms with Crippen LogP contribution in [0.2, 0.25) is 0 Å². The summed E-state index contributed by atoms with van der Waals surface area (Å²) in [6.07, 6.45) is -3.26. The van der Waals surface area contributed by atoms with E-state index < -0.39 is 89.5 Å². The van der Waals surface area contributed by atoms with Gasteiger partial charge in [0, 0.05) is 12.1 Å². The van der Waals surface area contributed by atoms with Gasteiger partial charge in [-0.2, -0.15) is 4.98 Å². The molecule has 0 aromatic carbocycles. The van der Waals surface area contributed by atoms with Gasteiger partial charge in [0.05, 0.1) is 38.3 Å². The number of fused-ring (bicyclic) bond motifs is 4. The molecule has 3 aromatic heterocycles. The zero-order valence-electron chi connectivity index (χ0n) is 22.0. The molecule has 234 valence electrons. The number of nitrogens with zero attached hydrogens (tertiary/aromatic N) is 5. The van der Waals surface area contributed by atoms with E-state index in [1.807, 2.05) is 0 Å². The van der Waals surface area contributed by atoms with E-state index in [9.17, 15) is 33.9 Å². The summed E-state index contributed by atoms with van der Waals surface area (Å²) in [4.78, 5) is 51.5. The van der Waals surface area contributed by atoms with E-state index in [2.05, 4.69) is 30.2 Å².